The van der Waals surface area contributed by atoms with E-state index in [0.717, 1.165) is 15.4 Å². The Labute approximate surface area is 94.3 Å². The van der Waals surface area contributed by atoms with Gasteiger partial charge in [-0.05, 0) is 17.0 Å². The van der Waals surface area contributed by atoms with Gasteiger partial charge < -0.3 is 9.84 Å². The molecule has 0 aliphatic heterocycles. The van der Waals surface area contributed by atoms with Crippen LogP contribution in [0.3, 0.4) is 0 Å². The van der Waals surface area contributed by atoms with Gasteiger partial charge in [-0.3, -0.25) is 0 Å². The molecule has 0 saturated carbocycles. The standard InChI is InChI=1S/C10H9BrO2S/c1-13-9-2-7-6(4-11)5-14-10(7)3-8(9)12/h2-3,5,12H,4H2,1H3. The van der Waals surface area contributed by atoms with Crippen LogP contribution in [-0.2, 0) is 5.33 Å². The maximum absolute atomic E-state index is 9.56. The van der Waals surface area contributed by atoms with E-state index < -0.39 is 0 Å². The van der Waals surface area contributed by atoms with Crippen molar-refractivity contribution in [2.45, 2.75) is 5.33 Å². The molecule has 0 aliphatic carbocycles. The Morgan fingerprint density at radius 2 is 2.29 bits per heavy atom. The lowest BCUT2D eigenvalue weighted by Gasteiger charge is -2.03. The third kappa shape index (κ3) is 1.48. The van der Waals surface area contributed by atoms with Gasteiger partial charge >= 0.3 is 0 Å². The van der Waals surface area contributed by atoms with E-state index in [1.165, 1.54) is 5.56 Å². The first-order chi connectivity index (χ1) is 6.76. The van der Waals surface area contributed by atoms with Gasteiger partial charge in [0.25, 0.3) is 0 Å². The van der Waals surface area contributed by atoms with Crippen LogP contribution in [0.4, 0.5) is 0 Å². The smallest absolute Gasteiger partial charge is 0.161 e. The van der Waals surface area contributed by atoms with E-state index in [2.05, 4.69) is 21.3 Å². The second-order valence-electron chi connectivity index (χ2n) is 2.91. The predicted octanol–water partition coefficient (Wildman–Crippen LogP) is 3.51. The second kappa shape index (κ2) is 3.79. The number of fused-ring (bicyclic) bond motifs is 1. The Kier molecular flexibility index (Phi) is 2.65. The molecule has 0 bridgehead atoms. The highest BCUT2D eigenvalue weighted by Gasteiger charge is 2.08. The number of ether oxygens (including phenoxy) is 1. The summed E-state index contributed by atoms with van der Waals surface area (Å²) in [6.07, 6.45) is 0. The Bertz CT molecular complexity index is 464. The number of aromatic hydroxyl groups is 1. The van der Waals surface area contributed by atoms with E-state index in [1.54, 1.807) is 24.5 Å². The predicted molar refractivity (Wildman–Crippen MR) is 62.7 cm³/mol. The van der Waals surface area contributed by atoms with Crippen LogP contribution in [0.1, 0.15) is 5.56 Å². The van der Waals surface area contributed by atoms with Crippen molar-refractivity contribution < 1.29 is 9.84 Å². The van der Waals surface area contributed by atoms with Crippen molar-refractivity contribution in [3.63, 3.8) is 0 Å². The number of rotatable bonds is 2. The first-order valence-corrected chi connectivity index (χ1v) is 6.09. The van der Waals surface area contributed by atoms with Crippen molar-refractivity contribution in [3.8, 4) is 11.5 Å². The van der Waals surface area contributed by atoms with Crippen LogP contribution in [0, 0.1) is 0 Å². The van der Waals surface area contributed by atoms with Crippen molar-refractivity contribution >= 4 is 37.4 Å². The molecule has 0 fully saturated rings. The minimum absolute atomic E-state index is 0.197. The molecule has 0 amide bonds. The fraction of sp³-hybridized carbons (Fsp3) is 0.200. The molecule has 2 nitrogen and oxygen atoms in total. The van der Waals surface area contributed by atoms with Crippen molar-refractivity contribution in [1.29, 1.82) is 0 Å². The molecule has 2 rings (SSSR count). The van der Waals surface area contributed by atoms with Crippen molar-refractivity contribution in [2.24, 2.45) is 0 Å². The topological polar surface area (TPSA) is 29.5 Å². The lowest BCUT2D eigenvalue weighted by atomic mass is 10.2. The maximum Gasteiger partial charge on any atom is 0.161 e. The molecule has 0 saturated heterocycles. The molecule has 0 radical (unpaired) electrons. The molecule has 4 heteroatoms. The highest BCUT2D eigenvalue weighted by atomic mass is 79.9. The minimum Gasteiger partial charge on any atom is -0.504 e. The highest BCUT2D eigenvalue weighted by Crippen LogP contribution is 2.36. The molecule has 0 aliphatic rings. The number of alkyl halides is 1. The maximum atomic E-state index is 9.56. The first-order valence-electron chi connectivity index (χ1n) is 4.09. The third-order valence-electron chi connectivity index (χ3n) is 2.10. The first kappa shape index (κ1) is 9.80. The molecule has 1 aromatic heterocycles. The van der Waals surface area contributed by atoms with Crippen LogP contribution in [0.2, 0.25) is 0 Å². The van der Waals surface area contributed by atoms with E-state index in [1.807, 2.05) is 6.07 Å². The Balaban J connectivity index is 2.70. The number of methoxy groups -OCH3 is 1. The molecule has 0 spiro atoms. The average molecular weight is 273 g/mol. The Hall–Kier alpha value is -0.740. The number of hydrogen-bond donors (Lipinski definition) is 1. The lowest BCUT2D eigenvalue weighted by molar-refractivity contribution is 0.374. The van der Waals surface area contributed by atoms with Crippen LogP contribution in [0.25, 0.3) is 10.1 Å². The van der Waals surface area contributed by atoms with Crippen LogP contribution in [0.15, 0.2) is 17.5 Å². The van der Waals surface area contributed by atoms with E-state index >= 15 is 0 Å². The van der Waals surface area contributed by atoms with E-state index in [-0.39, 0.29) is 5.75 Å². The zero-order valence-corrected chi connectivity index (χ0v) is 9.98. The summed E-state index contributed by atoms with van der Waals surface area (Å²) >= 11 is 5.05. The van der Waals surface area contributed by atoms with Gasteiger partial charge in [0.1, 0.15) is 0 Å². The van der Waals surface area contributed by atoms with Gasteiger partial charge in [0, 0.05) is 21.5 Å². The molecule has 1 heterocycles. The van der Waals surface area contributed by atoms with Crippen molar-refractivity contribution in [1.82, 2.24) is 0 Å². The fourth-order valence-electron chi connectivity index (χ4n) is 1.36. The summed E-state index contributed by atoms with van der Waals surface area (Å²) in [5, 5.41) is 13.6. The zero-order valence-electron chi connectivity index (χ0n) is 7.58. The SMILES string of the molecule is COc1cc2c(CBr)csc2cc1O. The van der Waals surface area contributed by atoms with Gasteiger partial charge in [-0.15, -0.1) is 11.3 Å². The van der Waals surface area contributed by atoms with Gasteiger partial charge in [-0.25, -0.2) is 0 Å². The zero-order chi connectivity index (χ0) is 10.1. The van der Waals surface area contributed by atoms with Crippen molar-refractivity contribution in [2.75, 3.05) is 7.11 Å². The molecule has 2 aromatic rings. The number of halogens is 1. The van der Waals surface area contributed by atoms with Gasteiger partial charge in [0.05, 0.1) is 7.11 Å². The number of phenols is 1. The summed E-state index contributed by atoms with van der Waals surface area (Å²) in [6, 6.07) is 3.61. The number of phenolic OH excluding ortho intramolecular Hbond substituents is 1. The average Bonchev–Trinajstić information content (AvgIpc) is 2.58. The largest absolute Gasteiger partial charge is 0.504 e. The molecular weight excluding hydrogens is 264 g/mol. The highest BCUT2D eigenvalue weighted by molar-refractivity contribution is 9.08. The summed E-state index contributed by atoms with van der Waals surface area (Å²) in [5.41, 5.74) is 1.23. The van der Waals surface area contributed by atoms with Crippen LogP contribution in [-0.4, -0.2) is 12.2 Å². The van der Waals surface area contributed by atoms with Gasteiger partial charge in [0.2, 0.25) is 0 Å². The normalized spacial score (nSPS) is 10.7. The van der Waals surface area contributed by atoms with Crippen LogP contribution < -0.4 is 4.74 Å². The molecular formula is C10H9BrO2S. The Morgan fingerprint density at radius 3 is 2.93 bits per heavy atom. The molecule has 14 heavy (non-hydrogen) atoms. The fourth-order valence-corrected chi connectivity index (χ4v) is 3.02. The van der Waals surface area contributed by atoms with E-state index in [0.29, 0.717) is 5.75 Å². The summed E-state index contributed by atoms with van der Waals surface area (Å²) in [6.45, 7) is 0. The second-order valence-corrected chi connectivity index (χ2v) is 4.39. The minimum atomic E-state index is 0.197. The molecule has 0 atom stereocenters. The quantitative estimate of drug-likeness (QED) is 0.848. The van der Waals surface area contributed by atoms with Gasteiger partial charge in [-0.2, -0.15) is 0 Å². The molecule has 74 valence electrons. The Morgan fingerprint density at radius 1 is 1.50 bits per heavy atom. The molecule has 1 N–H and O–H groups in total. The van der Waals surface area contributed by atoms with Gasteiger partial charge in [-0.1, -0.05) is 15.9 Å². The van der Waals surface area contributed by atoms with E-state index in [4.69, 9.17) is 4.74 Å². The number of hydrogen-bond acceptors (Lipinski definition) is 3. The van der Waals surface area contributed by atoms with Crippen LogP contribution in [0.5, 0.6) is 11.5 Å². The summed E-state index contributed by atoms with van der Waals surface area (Å²) in [4.78, 5) is 0. The summed E-state index contributed by atoms with van der Waals surface area (Å²) < 4.78 is 6.14. The van der Waals surface area contributed by atoms with E-state index in [9.17, 15) is 5.11 Å². The monoisotopic (exact) mass is 272 g/mol. The molecule has 0 unspecified atom stereocenters. The van der Waals surface area contributed by atoms with Gasteiger partial charge in [0.15, 0.2) is 11.5 Å². The third-order valence-corrected chi connectivity index (χ3v) is 3.70. The van der Waals surface area contributed by atoms with Crippen LogP contribution >= 0.6 is 27.3 Å². The summed E-state index contributed by atoms with van der Waals surface area (Å²) in [7, 11) is 1.56. The number of benzene rings is 1. The molecule has 1 aromatic carbocycles. The number of thiophene rings is 1. The van der Waals surface area contributed by atoms with Crippen molar-refractivity contribution in [3.05, 3.63) is 23.1 Å². The lowest BCUT2D eigenvalue weighted by Crippen LogP contribution is -1.83. The summed E-state index contributed by atoms with van der Waals surface area (Å²) in [5.74, 6) is 0.723.